The van der Waals surface area contributed by atoms with Gasteiger partial charge in [0.2, 0.25) is 11.8 Å². The van der Waals surface area contributed by atoms with Crippen molar-refractivity contribution in [2.45, 2.75) is 33.0 Å². The van der Waals surface area contributed by atoms with E-state index in [0.717, 1.165) is 22.5 Å². The van der Waals surface area contributed by atoms with Gasteiger partial charge in [-0.3, -0.25) is 9.59 Å². The minimum atomic E-state index is -0.499. The summed E-state index contributed by atoms with van der Waals surface area (Å²) >= 11 is 0. The van der Waals surface area contributed by atoms with Gasteiger partial charge in [-0.15, -0.1) is 0 Å². The first-order valence-corrected chi connectivity index (χ1v) is 9.07. The molecule has 4 rings (SSSR count). The minimum Gasteiger partial charge on any atom is -0.327 e. The third kappa shape index (κ3) is 3.43. The van der Waals surface area contributed by atoms with Gasteiger partial charge in [-0.2, -0.15) is 0 Å². The summed E-state index contributed by atoms with van der Waals surface area (Å²) in [7, 11) is 0. The number of fused-ring (bicyclic) bond motifs is 1. The van der Waals surface area contributed by atoms with E-state index in [-0.39, 0.29) is 18.4 Å². The predicted molar refractivity (Wildman–Crippen MR) is 102 cm³/mol. The zero-order valence-corrected chi connectivity index (χ0v) is 15.5. The largest absolute Gasteiger partial charge is 0.327 e. The molecule has 0 spiro atoms. The number of pyridine rings is 1. The summed E-state index contributed by atoms with van der Waals surface area (Å²) in [5.74, 6) is -0.0793. The molecule has 6 heteroatoms. The number of aromatic nitrogens is 2. The van der Waals surface area contributed by atoms with Gasteiger partial charge in [-0.1, -0.05) is 36.4 Å². The summed E-state index contributed by atoms with van der Waals surface area (Å²) in [6, 6.07) is 13.2. The van der Waals surface area contributed by atoms with Gasteiger partial charge in [0, 0.05) is 18.9 Å². The molecule has 27 heavy (non-hydrogen) atoms. The maximum absolute atomic E-state index is 12.8. The Morgan fingerprint density at radius 3 is 2.59 bits per heavy atom. The number of imidazole rings is 1. The van der Waals surface area contributed by atoms with Crippen LogP contribution in [0.5, 0.6) is 0 Å². The van der Waals surface area contributed by atoms with Crippen LogP contribution in [-0.2, 0) is 22.7 Å². The van der Waals surface area contributed by atoms with E-state index in [1.807, 2.05) is 66.2 Å². The van der Waals surface area contributed by atoms with Gasteiger partial charge in [-0.25, -0.2) is 4.98 Å². The molecule has 3 heterocycles. The molecule has 3 aromatic rings. The highest BCUT2D eigenvalue weighted by atomic mass is 16.2. The zero-order valence-electron chi connectivity index (χ0n) is 15.5. The van der Waals surface area contributed by atoms with Crippen molar-refractivity contribution in [2.75, 3.05) is 6.54 Å². The molecule has 1 aromatic carbocycles. The van der Waals surface area contributed by atoms with Crippen LogP contribution in [0.4, 0.5) is 0 Å². The number of carbonyl (C=O) groups is 2. The summed E-state index contributed by atoms with van der Waals surface area (Å²) in [4.78, 5) is 33.3. The molecule has 1 aliphatic heterocycles. The number of carbonyl (C=O) groups excluding carboxylic acids is 2. The molecule has 138 valence electrons. The number of nitrogens with zero attached hydrogens (tertiary/aromatic N) is 4. The van der Waals surface area contributed by atoms with Crippen LogP contribution in [0.2, 0.25) is 0 Å². The molecule has 0 aliphatic carbocycles. The second-order valence-electron chi connectivity index (χ2n) is 7.08. The van der Waals surface area contributed by atoms with Crippen molar-refractivity contribution in [1.29, 1.82) is 0 Å². The zero-order chi connectivity index (χ0) is 19.0. The van der Waals surface area contributed by atoms with Crippen LogP contribution in [0.25, 0.3) is 5.65 Å². The molecule has 0 bridgehead atoms. The lowest BCUT2D eigenvalue weighted by Gasteiger charge is -2.38. The second kappa shape index (κ2) is 6.87. The smallest absolute Gasteiger partial charge is 0.245 e. The Labute approximate surface area is 158 Å². The van der Waals surface area contributed by atoms with E-state index >= 15 is 0 Å². The molecular formula is C21H22N4O2. The van der Waals surface area contributed by atoms with Gasteiger partial charge in [0.05, 0.1) is 12.2 Å². The SMILES string of the molecule is Cc1ccc2nc(CN3C(=O)CN(Cc4ccccc4)C(=O)[C@@H]3C)cn2c1. The number of piperazine rings is 1. The van der Waals surface area contributed by atoms with E-state index in [9.17, 15) is 9.59 Å². The topological polar surface area (TPSA) is 57.9 Å². The van der Waals surface area contributed by atoms with Crippen LogP contribution < -0.4 is 0 Å². The van der Waals surface area contributed by atoms with Crippen molar-refractivity contribution in [2.24, 2.45) is 0 Å². The molecule has 1 saturated heterocycles. The molecule has 2 amide bonds. The quantitative estimate of drug-likeness (QED) is 0.716. The summed E-state index contributed by atoms with van der Waals surface area (Å²) < 4.78 is 1.95. The lowest BCUT2D eigenvalue weighted by Crippen LogP contribution is -2.58. The maximum atomic E-state index is 12.8. The molecule has 0 saturated carbocycles. The molecule has 0 unspecified atom stereocenters. The van der Waals surface area contributed by atoms with Crippen LogP contribution >= 0.6 is 0 Å². The molecular weight excluding hydrogens is 340 g/mol. The van der Waals surface area contributed by atoms with Crippen LogP contribution in [0.3, 0.4) is 0 Å². The van der Waals surface area contributed by atoms with Crippen molar-refractivity contribution < 1.29 is 9.59 Å². The highest BCUT2D eigenvalue weighted by molar-refractivity contribution is 5.94. The number of aryl methyl sites for hydroxylation is 1. The summed E-state index contributed by atoms with van der Waals surface area (Å²) in [6.45, 7) is 4.71. The number of rotatable bonds is 4. The minimum absolute atomic E-state index is 0.0296. The monoisotopic (exact) mass is 362 g/mol. The Morgan fingerprint density at radius 2 is 1.81 bits per heavy atom. The first-order chi connectivity index (χ1) is 13.0. The average molecular weight is 362 g/mol. The van der Waals surface area contributed by atoms with Gasteiger partial charge in [-0.05, 0) is 31.0 Å². The van der Waals surface area contributed by atoms with Crippen molar-refractivity contribution in [3.63, 3.8) is 0 Å². The molecule has 0 N–H and O–H groups in total. The summed E-state index contributed by atoms with van der Waals surface area (Å²) in [5.41, 5.74) is 3.78. The van der Waals surface area contributed by atoms with Gasteiger partial charge < -0.3 is 14.2 Å². The van der Waals surface area contributed by atoms with Crippen LogP contribution in [0.1, 0.15) is 23.7 Å². The fraction of sp³-hybridized carbons (Fsp3) is 0.286. The number of benzene rings is 1. The lowest BCUT2D eigenvalue weighted by molar-refractivity contribution is -0.156. The van der Waals surface area contributed by atoms with E-state index in [2.05, 4.69) is 4.98 Å². The number of hydrogen-bond donors (Lipinski definition) is 0. The summed E-state index contributed by atoms with van der Waals surface area (Å²) in [6.07, 6.45) is 3.92. The Kier molecular flexibility index (Phi) is 4.39. The molecule has 1 atom stereocenters. The third-order valence-corrected chi connectivity index (χ3v) is 4.98. The fourth-order valence-corrected chi connectivity index (χ4v) is 3.51. The first kappa shape index (κ1) is 17.3. The van der Waals surface area contributed by atoms with E-state index in [0.29, 0.717) is 13.1 Å². The lowest BCUT2D eigenvalue weighted by atomic mass is 10.1. The number of hydrogen-bond acceptors (Lipinski definition) is 3. The third-order valence-electron chi connectivity index (χ3n) is 4.98. The molecule has 2 aromatic heterocycles. The van der Waals surface area contributed by atoms with E-state index in [1.54, 1.807) is 16.7 Å². The van der Waals surface area contributed by atoms with Gasteiger partial charge in [0.1, 0.15) is 18.2 Å². The van der Waals surface area contributed by atoms with E-state index < -0.39 is 6.04 Å². The predicted octanol–water partition coefficient (Wildman–Crippen LogP) is 2.40. The summed E-state index contributed by atoms with van der Waals surface area (Å²) in [5, 5.41) is 0. The Hall–Kier alpha value is -3.15. The fourth-order valence-electron chi connectivity index (χ4n) is 3.51. The van der Waals surface area contributed by atoms with E-state index in [1.165, 1.54) is 0 Å². The van der Waals surface area contributed by atoms with Crippen molar-refractivity contribution in [3.05, 3.63) is 71.7 Å². The molecule has 6 nitrogen and oxygen atoms in total. The second-order valence-corrected chi connectivity index (χ2v) is 7.08. The first-order valence-electron chi connectivity index (χ1n) is 9.07. The Morgan fingerprint density at radius 1 is 1.04 bits per heavy atom. The van der Waals surface area contributed by atoms with Crippen LogP contribution in [0.15, 0.2) is 54.9 Å². The van der Waals surface area contributed by atoms with Crippen molar-refractivity contribution >= 4 is 17.5 Å². The van der Waals surface area contributed by atoms with Crippen LogP contribution in [-0.4, -0.2) is 43.6 Å². The Balaban J connectivity index is 1.50. The molecule has 1 aliphatic rings. The standard InChI is InChI=1S/C21H22N4O2/c1-15-8-9-19-22-18(12-23(19)10-15)13-25-16(2)21(27)24(14-20(25)26)11-17-6-4-3-5-7-17/h3-10,12,16H,11,13-14H2,1-2H3/t16-/m0/s1. The molecule has 0 radical (unpaired) electrons. The van der Waals surface area contributed by atoms with Crippen molar-refractivity contribution in [3.8, 4) is 0 Å². The van der Waals surface area contributed by atoms with Crippen LogP contribution in [0, 0.1) is 6.92 Å². The molecule has 1 fully saturated rings. The highest BCUT2D eigenvalue weighted by Gasteiger charge is 2.36. The van der Waals surface area contributed by atoms with Crippen molar-refractivity contribution in [1.82, 2.24) is 19.2 Å². The number of amides is 2. The van der Waals surface area contributed by atoms with E-state index in [4.69, 9.17) is 0 Å². The van der Waals surface area contributed by atoms with Gasteiger partial charge in [0.25, 0.3) is 0 Å². The average Bonchev–Trinajstić information content (AvgIpc) is 3.05. The van der Waals surface area contributed by atoms with Gasteiger partial charge in [0.15, 0.2) is 0 Å². The Bertz CT molecular complexity index is 996. The van der Waals surface area contributed by atoms with Gasteiger partial charge >= 0.3 is 0 Å². The maximum Gasteiger partial charge on any atom is 0.245 e. The highest BCUT2D eigenvalue weighted by Crippen LogP contribution is 2.18. The normalized spacial score (nSPS) is 17.8.